The third-order valence-corrected chi connectivity index (χ3v) is 5.47. The summed E-state index contributed by atoms with van der Waals surface area (Å²) < 4.78 is 31.0. The van der Waals surface area contributed by atoms with Crippen molar-refractivity contribution in [2.75, 3.05) is 7.11 Å². The molecule has 2 rings (SSSR count). The van der Waals surface area contributed by atoms with Crippen molar-refractivity contribution in [1.29, 1.82) is 0 Å². The topological polar surface area (TPSA) is 102 Å². The molecule has 0 saturated carbocycles. The van der Waals surface area contributed by atoms with Crippen LogP contribution in [0.25, 0.3) is 0 Å². The fourth-order valence-electron chi connectivity index (χ4n) is 1.91. The Morgan fingerprint density at radius 3 is 2.71 bits per heavy atom. The van der Waals surface area contributed by atoms with Crippen LogP contribution in [0.3, 0.4) is 0 Å². The van der Waals surface area contributed by atoms with Gasteiger partial charge in [0.15, 0.2) is 0 Å². The Balaban J connectivity index is 2.12. The van der Waals surface area contributed by atoms with E-state index in [9.17, 15) is 18.0 Å². The summed E-state index contributed by atoms with van der Waals surface area (Å²) in [4.78, 5) is 27.5. The van der Waals surface area contributed by atoms with E-state index >= 15 is 0 Å². The number of carbonyl (C=O) groups is 2. The number of hydrogen-bond acceptors (Lipinski definition) is 7. The number of thiazole rings is 1. The Labute approximate surface area is 143 Å². The van der Waals surface area contributed by atoms with Crippen LogP contribution in [0.2, 0.25) is 0 Å². The minimum absolute atomic E-state index is 0.0833. The number of hydrogen-bond donors (Lipinski definition) is 1. The lowest BCUT2D eigenvalue weighted by Gasteiger charge is -2.07. The minimum atomic E-state index is -4.07. The van der Waals surface area contributed by atoms with E-state index in [0.29, 0.717) is 5.69 Å². The molecule has 1 heterocycles. The molecule has 1 aromatic carbocycles. The largest absolute Gasteiger partial charge is 0.465 e. The van der Waals surface area contributed by atoms with E-state index in [4.69, 9.17) is 0 Å². The van der Waals surface area contributed by atoms with Gasteiger partial charge in [-0.25, -0.2) is 22.9 Å². The van der Waals surface area contributed by atoms with Gasteiger partial charge < -0.3 is 4.74 Å². The first-order valence-electron chi connectivity index (χ1n) is 7.03. The molecular weight excluding hydrogens is 352 g/mol. The molecule has 1 N–H and O–H groups in total. The molecule has 0 atom stereocenters. The van der Waals surface area contributed by atoms with Gasteiger partial charge in [-0.05, 0) is 24.6 Å². The third-order valence-electron chi connectivity index (χ3n) is 3.06. The first-order chi connectivity index (χ1) is 11.4. The first-order valence-corrected chi connectivity index (χ1v) is 9.39. The first kappa shape index (κ1) is 18.1. The summed E-state index contributed by atoms with van der Waals surface area (Å²) in [6.07, 6.45) is 0.622. The van der Waals surface area contributed by atoms with Crippen molar-refractivity contribution in [3.05, 3.63) is 45.9 Å². The van der Waals surface area contributed by atoms with Crippen LogP contribution in [-0.2, 0) is 32.4 Å². The van der Waals surface area contributed by atoms with Crippen LogP contribution < -0.4 is 4.72 Å². The van der Waals surface area contributed by atoms with E-state index in [-0.39, 0.29) is 16.9 Å². The van der Waals surface area contributed by atoms with Crippen LogP contribution in [0.1, 0.15) is 28.0 Å². The molecule has 0 fully saturated rings. The van der Waals surface area contributed by atoms with Crippen LogP contribution in [0.15, 0.2) is 34.5 Å². The minimum Gasteiger partial charge on any atom is -0.465 e. The molecule has 0 aliphatic carbocycles. The number of aromatic nitrogens is 1. The maximum atomic E-state index is 12.3. The molecule has 128 valence electrons. The van der Waals surface area contributed by atoms with E-state index in [0.717, 1.165) is 17.5 Å². The molecule has 0 bridgehead atoms. The van der Waals surface area contributed by atoms with Crippen molar-refractivity contribution < 1.29 is 22.7 Å². The SMILES string of the molecule is CCc1nc(CC(=O)NS(=O)(=O)c2cccc(C(=O)OC)c2)cs1. The van der Waals surface area contributed by atoms with Crippen molar-refractivity contribution in [3.63, 3.8) is 0 Å². The number of sulfonamides is 1. The van der Waals surface area contributed by atoms with Crippen LogP contribution in [0.4, 0.5) is 0 Å². The Hall–Kier alpha value is -2.26. The zero-order chi connectivity index (χ0) is 17.7. The number of esters is 1. The molecule has 1 amide bonds. The molecule has 7 nitrogen and oxygen atoms in total. The van der Waals surface area contributed by atoms with Crippen LogP contribution in [0, 0.1) is 0 Å². The fraction of sp³-hybridized carbons (Fsp3) is 0.267. The number of methoxy groups -OCH3 is 1. The number of carbonyl (C=O) groups excluding carboxylic acids is 2. The van der Waals surface area contributed by atoms with Crippen molar-refractivity contribution >= 4 is 33.2 Å². The molecule has 9 heteroatoms. The smallest absolute Gasteiger partial charge is 0.337 e. The maximum Gasteiger partial charge on any atom is 0.337 e. The fourth-order valence-corrected chi connectivity index (χ4v) is 3.68. The Bertz CT molecular complexity index is 858. The number of aryl methyl sites for hydroxylation is 1. The lowest BCUT2D eigenvalue weighted by atomic mass is 10.2. The number of ether oxygens (including phenoxy) is 1. The van der Waals surface area contributed by atoms with Gasteiger partial charge in [0.2, 0.25) is 5.91 Å². The number of nitrogens with one attached hydrogen (secondary N) is 1. The van der Waals surface area contributed by atoms with E-state index in [1.165, 1.54) is 36.6 Å². The Morgan fingerprint density at radius 2 is 2.08 bits per heavy atom. The summed E-state index contributed by atoms with van der Waals surface area (Å²) in [6.45, 7) is 1.95. The third kappa shape index (κ3) is 4.39. The molecule has 0 radical (unpaired) electrons. The van der Waals surface area contributed by atoms with Gasteiger partial charge >= 0.3 is 5.97 Å². The highest BCUT2D eigenvalue weighted by Crippen LogP contribution is 2.14. The normalized spacial score (nSPS) is 11.1. The predicted molar refractivity (Wildman–Crippen MR) is 88.3 cm³/mol. The molecule has 1 aromatic heterocycles. The van der Waals surface area contributed by atoms with E-state index < -0.39 is 21.9 Å². The second-order valence-electron chi connectivity index (χ2n) is 4.81. The van der Waals surface area contributed by atoms with Gasteiger partial charge in [0.1, 0.15) is 0 Å². The summed E-state index contributed by atoms with van der Waals surface area (Å²) >= 11 is 1.42. The maximum absolute atomic E-state index is 12.3. The van der Waals surface area contributed by atoms with Gasteiger partial charge in [-0.3, -0.25) is 4.79 Å². The molecular formula is C15H16N2O5S2. The van der Waals surface area contributed by atoms with Crippen molar-refractivity contribution in [3.8, 4) is 0 Å². The van der Waals surface area contributed by atoms with Crippen molar-refractivity contribution in [2.24, 2.45) is 0 Å². The lowest BCUT2D eigenvalue weighted by Crippen LogP contribution is -2.32. The standard InChI is InChI=1S/C15H16N2O5S2/c1-3-14-16-11(9-23-14)8-13(18)17-24(20,21)12-6-4-5-10(7-12)15(19)22-2/h4-7,9H,3,8H2,1-2H3,(H,17,18). The van der Waals surface area contributed by atoms with Gasteiger partial charge in [-0.2, -0.15) is 0 Å². The second kappa shape index (κ2) is 7.54. The summed E-state index contributed by atoms with van der Waals surface area (Å²) in [5.41, 5.74) is 0.604. The number of amides is 1. The Morgan fingerprint density at radius 1 is 1.33 bits per heavy atom. The van der Waals surface area contributed by atoms with Gasteiger partial charge in [0, 0.05) is 5.38 Å². The molecule has 0 aliphatic heterocycles. The van der Waals surface area contributed by atoms with E-state index in [1.54, 1.807) is 5.38 Å². The summed E-state index contributed by atoms with van der Waals surface area (Å²) in [6, 6.07) is 5.27. The van der Waals surface area contributed by atoms with Crippen molar-refractivity contribution in [2.45, 2.75) is 24.7 Å². The van der Waals surface area contributed by atoms with Gasteiger partial charge in [0.25, 0.3) is 10.0 Å². The number of rotatable bonds is 6. The summed E-state index contributed by atoms with van der Waals surface area (Å²) in [5, 5.41) is 2.61. The average molecular weight is 368 g/mol. The van der Waals surface area contributed by atoms with E-state index in [1.807, 2.05) is 11.6 Å². The molecule has 0 spiro atoms. The molecule has 0 aliphatic rings. The molecule has 24 heavy (non-hydrogen) atoms. The zero-order valence-electron chi connectivity index (χ0n) is 13.1. The zero-order valence-corrected chi connectivity index (χ0v) is 14.7. The van der Waals surface area contributed by atoms with Crippen LogP contribution in [0.5, 0.6) is 0 Å². The van der Waals surface area contributed by atoms with Crippen LogP contribution in [-0.4, -0.2) is 32.4 Å². The van der Waals surface area contributed by atoms with Gasteiger partial charge in [-0.15, -0.1) is 11.3 Å². The van der Waals surface area contributed by atoms with Crippen molar-refractivity contribution in [1.82, 2.24) is 9.71 Å². The predicted octanol–water partition coefficient (Wildman–Crippen LogP) is 1.54. The average Bonchev–Trinajstić information content (AvgIpc) is 3.01. The lowest BCUT2D eigenvalue weighted by molar-refractivity contribution is -0.118. The highest BCUT2D eigenvalue weighted by Gasteiger charge is 2.20. The van der Waals surface area contributed by atoms with E-state index in [2.05, 4.69) is 9.72 Å². The Kier molecular flexibility index (Phi) is 5.68. The highest BCUT2D eigenvalue weighted by molar-refractivity contribution is 7.90. The summed E-state index contributed by atoms with van der Waals surface area (Å²) in [7, 11) is -2.88. The monoisotopic (exact) mass is 368 g/mol. The molecule has 0 unspecified atom stereocenters. The highest BCUT2D eigenvalue weighted by atomic mass is 32.2. The number of nitrogens with zero attached hydrogens (tertiary/aromatic N) is 1. The molecule has 0 saturated heterocycles. The van der Waals surface area contributed by atoms with Crippen LogP contribution >= 0.6 is 11.3 Å². The second-order valence-corrected chi connectivity index (χ2v) is 7.44. The summed E-state index contributed by atoms with van der Waals surface area (Å²) in [5.74, 6) is -1.35. The molecule has 2 aromatic rings. The van der Waals surface area contributed by atoms with Gasteiger partial charge in [0.05, 0.1) is 34.7 Å². The number of benzene rings is 1. The quantitative estimate of drug-likeness (QED) is 0.776. The van der Waals surface area contributed by atoms with Gasteiger partial charge in [-0.1, -0.05) is 13.0 Å².